The minimum Gasteiger partial charge on any atom is -0.469 e. The second-order valence-corrected chi connectivity index (χ2v) is 5.04. The molecule has 2 rings (SSSR count). The molecular formula is C13H17ClN4O2. The normalized spacial score (nSPS) is 12.4. The van der Waals surface area contributed by atoms with Gasteiger partial charge in [-0.25, -0.2) is 0 Å². The fourth-order valence-corrected chi connectivity index (χ4v) is 1.81. The van der Waals surface area contributed by atoms with Crippen molar-refractivity contribution in [2.75, 3.05) is 5.32 Å². The molecule has 0 aromatic carbocycles. The van der Waals surface area contributed by atoms with Crippen LogP contribution in [-0.4, -0.2) is 27.1 Å². The van der Waals surface area contributed by atoms with E-state index < -0.39 is 0 Å². The molecular weight excluding hydrogens is 280 g/mol. The van der Waals surface area contributed by atoms with E-state index in [9.17, 15) is 0 Å². The van der Waals surface area contributed by atoms with Gasteiger partial charge in [0.25, 0.3) is 0 Å². The molecule has 2 aromatic rings. The number of hydrogen-bond acceptors (Lipinski definition) is 6. The molecule has 0 radical (unpaired) electrons. The highest BCUT2D eigenvalue weighted by molar-refractivity contribution is 6.28. The monoisotopic (exact) mass is 296 g/mol. The number of nitrogens with one attached hydrogen (secondary N) is 1. The van der Waals surface area contributed by atoms with Gasteiger partial charge in [-0.2, -0.15) is 15.0 Å². The van der Waals surface area contributed by atoms with Gasteiger partial charge in [0.05, 0.1) is 12.4 Å². The fraction of sp³-hybridized carbons (Fsp3) is 0.462. The lowest BCUT2D eigenvalue weighted by Crippen LogP contribution is -2.20. The Morgan fingerprint density at radius 3 is 2.75 bits per heavy atom. The number of ether oxygens (including phenoxy) is 1. The van der Waals surface area contributed by atoms with Gasteiger partial charge in [-0.1, -0.05) is 0 Å². The summed E-state index contributed by atoms with van der Waals surface area (Å²) in [6.07, 6.45) is 2.34. The Kier molecular flexibility index (Phi) is 4.79. The van der Waals surface area contributed by atoms with Crippen molar-refractivity contribution >= 4 is 17.5 Å². The number of halogens is 1. The summed E-state index contributed by atoms with van der Waals surface area (Å²) >= 11 is 5.86. The van der Waals surface area contributed by atoms with E-state index in [1.165, 1.54) is 0 Å². The SMILES string of the molecule is CC(Cc1ccco1)Nc1nc(Cl)nc(OC(C)C)n1. The molecule has 0 saturated heterocycles. The standard InChI is InChI=1S/C13H17ClN4O2/c1-8(2)20-13-17-11(14)16-12(18-13)15-9(3)7-10-5-4-6-19-10/h4-6,8-9H,7H2,1-3H3,(H,15,16,17,18). The van der Waals surface area contributed by atoms with Crippen LogP contribution in [0.1, 0.15) is 26.5 Å². The minimum absolute atomic E-state index is 0.0261. The van der Waals surface area contributed by atoms with Crippen LogP contribution in [-0.2, 0) is 6.42 Å². The van der Waals surface area contributed by atoms with Crippen molar-refractivity contribution in [3.05, 3.63) is 29.4 Å². The lowest BCUT2D eigenvalue weighted by Gasteiger charge is -2.13. The van der Waals surface area contributed by atoms with Gasteiger partial charge >= 0.3 is 6.01 Å². The fourth-order valence-electron chi connectivity index (χ4n) is 1.66. The Bertz CT molecular complexity index is 545. The van der Waals surface area contributed by atoms with Crippen molar-refractivity contribution in [1.29, 1.82) is 0 Å². The second kappa shape index (κ2) is 6.56. The molecule has 1 unspecified atom stereocenters. The average Bonchev–Trinajstić information content (AvgIpc) is 2.79. The molecule has 7 heteroatoms. The third-order valence-corrected chi connectivity index (χ3v) is 2.56. The maximum Gasteiger partial charge on any atom is 0.322 e. The molecule has 108 valence electrons. The predicted molar refractivity (Wildman–Crippen MR) is 76.1 cm³/mol. The highest BCUT2D eigenvalue weighted by Crippen LogP contribution is 2.14. The Morgan fingerprint density at radius 1 is 1.30 bits per heavy atom. The van der Waals surface area contributed by atoms with Crippen molar-refractivity contribution in [3.8, 4) is 6.01 Å². The zero-order valence-electron chi connectivity index (χ0n) is 11.6. The molecule has 0 aliphatic heterocycles. The lowest BCUT2D eigenvalue weighted by atomic mass is 10.2. The van der Waals surface area contributed by atoms with Gasteiger partial charge in [0, 0.05) is 12.5 Å². The summed E-state index contributed by atoms with van der Waals surface area (Å²) in [6.45, 7) is 5.79. The van der Waals surface area contributed by atoms with E-state index in [0.29, 0.717) is 5.95 Å². The van der Waals surface area contributed by atoms with Crippen LogP contribution < -0.4 is 10.1 Å². The molecule has 0 aliphatic carbocycles. The molecule has 6 nitrogen and oxygen atoms in total. The van der Waals surface area contributed by atoms with E-state index in [-0.39, 0.29) is 23.4 Å². The van der Waals surface area contributed by atoms with Crippen molar-refractivity contribution in [2.24, 2.45) is 0 Å². The smallest absolute Gasteiger partial charge is 0.322 e. The van der Waals surface area contributed by atoms with Crippen molar-refractivity contribution in [2.45, 2.75) is 39.3 Å². The predicted octanol–water partition coefficient (Wildman–Crippen LogP) is 2.95. The molecule has 0 aliphatic rings. The molecule has 0 spiro atoms. The molecule has 20 heavy (non-hydrogen) atoms. The van der Waals surface area contributed by atoms with Crippen LogP contribution in [0.5, 0.6) is 6.01 Å². The Balaban J connectivity index is 2.02. The van der Waals surface area contributed by atoms with Gasteiger partial charge in [-0.05, 0) is 44.5 Å². The van der Waals surface area contributed by atoms with Crippen LogP contribution in [0.15, 0.2) is 22.8 Å². The van der Waals surface area contributed by atoms with Gasteiger partial charge in [-0.15, -0.1) is 0 Å². The molecule has 0 amide bonds. The first-order chi connectivity index (χ1) is 9.52. The summed E-state index contributed by atoms with van der Waals surface area (Å²) in [4.78, 5) is 12.1. The number of aromatic nitrogens is 3. The molecule has 2 heterocycles. The van der Waals surface area contributed by atoms with E-state index in [2.05, 4.69) is 20.3 Å². The van der Waals surface area contributed by atoms with E-state index in [1.807, 2.05) is 32.9 Å². The Morgan fingerprint density at radius 2 is 2.10 bits per heavy atom. The van der Waals surface area contributed by atoms with Gasteiger partial charge in [0.15, 0.2) is 0 Å². The van der Waals surface area contributed by atoms with Crippen LogP contribution in [0, 0.1) is 0 Å². The van der Waals surface area contributed by atoms with E-state index in [1.54, 1.807) is 6.26 Å². The van der Waals surface area contributed by atoms with Crippen LogP contribution in [0.25, 0.3) is 0 Å². The van der Waals surface area contributed by atoms with E-state index >= 15 is 0 Å². The summed E-state index contributed by atoms with van der Waals surface area (Å²) in [5, 5.41) is 3.25. The van der Waals surface area contributed by atoms with E-state index in [0.717, 1.165) is 12.2 Å². The first kappa shape index (κ1) is 14.6. The lowest BCUT2D eigenvalue weighted by molar-refractivity contribution is 0.222. The van der Waals surface area contributed by atoms with Crippen molar-refractivity contribution in [1.82, 2.24) is 15.0 Å². The van der Waals surface area contributed by atoms with Crippen molar-refractivity contribution in [3.63, 3.8) is 0 Å². The summed E-state index contributed by atoms with van der Waals surface area (Å²) in [7, 11) is 0. The highest BCUT2D eigenvalue weighted by Gasteiger charge is 2.11. The van der Waals surface area contributed by atoms with Gasteiger partial charge < -0.3 is 14.5 Å². The third-order valence-electron chi connectivity index (χ3n) is 2.39. The Hall–Kier alpha value is -1.82. The molecule has 0 saturated carbocycles. The first-order valence-corrected chi connectivity index (χ1v) is 6.78. The molecule has 1 atom stereocenters. The van der Waals surface area contributed by atoms with Gasteiger partial charge in [0.1, 0.15) is 5.76 Å². The summed E-state index contributed by atoms with van der Waals surface area (Å²) in [5.74, 6) is 1.28. The molecule has 1 N–H and O–H groups in total. The van der Waals surface area contributed by atoms with Gasteiger partial charge in [-0.3, -0.25) is 0 Å². The van der Waals surface area contributed by atoms with Crippen LogP contribution >= 0.6 is 11.6 Å². The second-order valence-electron chi connectivity index (χ2n) is 4.71. The topological polar surface area (TPSA) is 73.1 Å². The highest BCUT2D eigenvalue weighted by atomic mass is 35.5. The summed E-state index contributed by atoms with van der Waals surface area (Å²) in [5.41, 5.74) is 0. The molecule has 0 fully saturated rings. The van der Waals surface area contributed by atoms with E-state index in [4.69, 9.17) is 20.8 Å². The minimum atomic E-state index is -0.0261. The zero-order valence-corrected chi connectivity index (χ0v) is 12.4. The number of furan rings is 1. The van der Waals surface area contributed by atoms with Crippen LogP contribution in [0.3, 0.4) is 0 Å². The van der Waals surface area contributed by atoms with Crippen LogP contribution in [0.2, 0.25) is 5.28 Å². The van der Waals surface area contributed by atoms with Gasteiger partial charge in [0.2, 0.25) is 11.2 Å². The van der Waals surface area contributed by atoms with Crippen LogP contribution in [0.4, 0.5) is 5.95 Å². The molecule has 2 aromatic heterocycles. The summed E-state index contributed by atoms with van der Waals surface area (Å²) < 4.78 is 10.7. The average molecular weight is 297 g/mol. The molecule has 0 bridgehead atoms. The quantitative estimate of drug-likeness (QED) is 0.883. The first-order valence-electron chi connectivity index (χ1n) is 6.40. The maximum atomic E-state index is 5.86. The number of hydrogen-bond donors (Lipinski definition) is 1. The zero-order chi connectivity index (χ0) is 14.5. The Labute approximate surface area is 122 Å². The summed E-state index contributed by atoms with van der Waals surface area (Å²) in [6, 6.07) is 4.08. The number of anilines is 1. The third kappa shape index (κ3) is 4.38. The van der Waals surface area contributed by atoms with Crippen molar-refractivity contribution < 1.29 is 9.15 Å². The maximum absolute atomic E-state index is 5.86. The largest absolute Gasteiger partial charge is 0.469 e. The number of nitrogens with zero attached hydrogens (tertiary/aromatic N) is 3. The number of rotatable bonds is 6.